The van der Waals surface area contributed by atoms with Crippen molar-refractivity contribution in [1.29, 1.82) is 0 Å². The number of furan rings is 1. The quantitative estimate of drug-likeness (QED) is 0.745. The van der Waals surface area contributed by atoms with Crippen LogP contribution in [0, 0.1) is 0 Å². The van der Waals surface area contributed by atoms with E-state index in [0.717, 1.165) is 9.86 Å². The van der Waals surface area contributed by atoms with Crippen molar-refractivity contribution in [2.75, 3.05) is 12.1 Å². The van der Waals surface area contributed by atoms with Gasteiger partial charge in [0.1, 0.15) is 5.58 Å². The summed E-state index contributed by atoms with van der Waals surface area (Å²) in [4.78, 5) is 12.3. The summed E-state index contributed by atoms with van der Waals surface area (Å²) in [7, 11) is 0. The van der Waals surface area contributed by atoms with Crippen LogP contribution in [0.4, 0.5) is 5.69 Å². The van der Waals surface area contributed by atoms with Gasteiger partial charge in [-0.1, -0.05) is 22.0 Å². The highest BCUT2D eigenvalue weighted by Crippen LogP contribution is 2.34. The third kappa shape index (κ3) is 2.21. The summed E-state index contributed by atoms with van der Waals surface area (Å²) in [5, 5.41) is 3.64. The van der Waals surface area contributed by atoms with E-state index in [-0.39, 0.29) is 18.5 Å². The van der Waals surface area contributed by atoms with E-state index in [1.54, 1.807) is 24.3 Å². The summed E-state index contributed by atoms with van der Waals surface area (Å²) in [5.41, 5.74) is 1.28. The second-order valence-corrected chi connectivity index (χ2v) is 5.64. The summed E-state index contributed by atoms with van der Waals surface area (Å²) >= 11 is 3.44. The van der Waals surface area contributed by atoms with Crippen LogP contribution < -0.4 is 14.8 Å². The number of hydrogen-bond donors (Lipinski definition) is 1. The van der Waals surface area contributed by atoms with Crippen molar-refractivity contribution >= 4 is 38.5 Å². The Hall–Kier alpha value is -2.47. The summed E-state index contributed by atoms with van der Waals surface area (Å²) in [6, 6.07) is 12.5. The number of hydrogen-bond acceptors (Lipinski definition) is 4. The van der Waals surface area contributed by atoms with Crippen molar-refractivity contribution in [1.82, 2.24) is 0 Å². The standard InChI is InChI=1S/C16H10BrNO4/c17-11-2-1-3-12-10(11)7-15(22-12)16(19)18-9-4-5-13-14(6-9)21-8-20-13/h1-7H,8H2,(H,18,19). The largest absolute Gasteiger partial charge is 0.454 e. The number of rotatable bonds is 2. The molecule has 1 N–H and O–H groups in total. The van der Waals surface area contributed by atoms with Crippen molar-refractivity contribution in [2.24, 2.45) is 0 Å². The molecule has 2 aromatic carbocycles. The van der Waals surface area contributed by atoms with Crippen molar-refractivity contribution in [2.45, 2.75) is 0 Å². The fraction of sp³-hybridized carbons (Fsp3) is 0.0625. The highest BCUT2D eigenvalue weighted by Gasteiger charge is 2.17. The molecule has 0 radical (unpaired) electrons. The minimum atomic E-state index is -0.318. The molecule has 5 nitrogen and oxygen atoms in total. The predicted molar refractivity (Wildman–Crippen MR) is 84.4 cm³/mol. The normalized spacial score (nSPS) is 12.6. The fourth-order valence-electron chi connectivity index (χ4n) is 2.30. The Labute approximate surface area is 133 Å². The molecule has 0 atom stereocenters. The van der Waals surface area contributed by atoms with E-state index in [9.17, 15) is 4.79 Å². The number of benzene rings is 2. The van der Waals surface area contributed by atoms with E-state index in [1.807, 2.05) is 18.2 Å². The monoisotopic (exact) mass is 359 g/mol. The molecule has 110 valence electrons. The lowest BCUT2D eigenvalue weighted by atomic mass is 10.2. The fourth-order valence-corrected chi connectivity index (χ4v) is 2.77. The van der Waals surface area contributed by atoms with Gasteiger partial charge in [-0.25, -0.2) is 0 Å². The van der Waals surface area contributed by atoms with Gasteiger partial charge in [-0.3, -0.25) is 4.79 Å². The van der Waals surface area contributed by atoms with E-state index >= 15 is 0 Å². The van der Waals surface area contributed by atoms with Crippen molar-refractivity contribution in [3.63, 3.8) is 0 Å². The maximum atomic E-state index is 12.3. The summed E-state index contributed by atoms with van der Waals surface area (Å²) in [5.74, 6) is 1.22. The molecule has 0 aliphatic carbocycles. The SMILES string of the molecule is O=C(Nc1ccc2c(c1)OCO2)c1cc2c(Br)cccc2o1. The van der Waals surface area contributed by atoms with Gasteiger partial charge in [0.2, 0.25) is 6.79 Å². The second kappa shape index (κ2) is 5.06. The Morgan fingerprint density at radius 3 is 2.82 bits per heavy atom. The molecular weight excluding hydrogens is 350 g/mol. The molecule has 0 unspecified atom stereocenters. The highest BCUT2D eigenvalue weighted by molar-refractivity contribution is 9.10. The van der Waals surface area contributed by atoms with Gasteiger partial charge in [-0.05, 0) is 30.3 Å². The average molecular weight is 360 g/mol. The number of anilines is 1. The van der Waals surface area contributed by atoms with Crippen LogP contribution in [0.2, 0.25) is 0 Å². The minimum Gasteiger partial charge on any atom is -0.454 e. The molecule has 0 spiro atoms. The summed E-state index contributed by atoms with van der Waals surface area (Å²) < 4.78 is 17.0. The number of nitrogens with one attached hydrogen (secondary N) is 1. The van der Waals surface area contributed by atoms with Gasteiger partial charge in [0.15, 0.2) is 17.3 Å². The topological polar surface area (TPSA) is 60.7 Å². The molecule has 1 amide bonds. The molecule has 6 heteroatoms. The molecule has 1 aliphatic heterocycles. The second-order valence-electron chi connectivity index (χ2n) is 4.78. The zero-order valence-corrected chi connectivity index (χ0v) is 12.8. The number of ether oxygens (including phenoxy) is 2. The lowest BCUT2D eigenvalue weighted by Crippen LogP contribution is -2.10. The third-order valence-corrected chi connectivity index (χ3v) is 4.05. The van der Waals surface area contributed by atoms with Gasteiger partial charge in [-0.15, -0.1) is 0 Å². The molecule has 4 rings (SSSR count). The summed E-state index contributed by atoms with van der Waals surface area (Å²) in [6.45, 7) is 0.199. The average Bonchev–Trinajstić information content (AvgIpc) is 3.13. The van der Waals surface area contributed by atoms with Gasteiger partial charge in [-0.2, -0.15) is 0 Å². The first-order chi connectivity index (χ1) is 10.7. The van der Waals surface area contributed by atoms with Crippen LogP contribution in [-0.2, 0) is 0 Å². The Balaban J connectivity index is 1.62. The Bertz CT molecular complexity index is 887. The van der Waals surface area contributed by atoms with Crippen molar-refractivity contribution in [3.8, 4) is 11.5 Å². The van der Waals surface area contributed by atoms with Gasteiger partial charge in [0.25, 0.3) is 5.91 Å². The number of carbonyl (C=O) groups is 1. The minimum absolute atomic E-state index is 0.199. The van der Waals surface area contributed by atoms with Gasteiger partial charge in [0, 0.05) is 21.6 Å². The number of amides is 1. The van der Waals surface area contributed by atoms with Crippen molar-refractivity contribution < 1.29 is 18.7 Å². The first kappa shape index (κ1) is 13.2. The first-order valence-corrected chi connectivity index (χ1v) is 7.39. The van der Waals surface area contributed by atoms with Gasteiger partial charge >= 0.3 is 0 Å². The van der Waals surface area contributed by atoms with Crippen LogP contribution in [-0.4, -0.2) is 12.7 Å². The Morgan fingerprint density at radius 2 is 1.95 bits per heavy atom. The number of fused-ring (bicyclic) bond motifs is 2. The van der Waals surface area contributed by atoms with Crippen LogP contribution in [0.15, 0.2) is 51.4 Å². The molecule has 0 bridgehead atoms. The third-order valence-electron chi connectivity index (χ3n) is 3.36. The van der Waals surface area contributed by atoms with Crippen LogP contribution in [0.25, 0.3) is 11.0 Å². The molecule has 3 aromatic rings. The molecule has 1 aromatic heterocycles. The molecule has 1 aliphatic rings. The maximum absolute atomic E-state index is 12.3. The maximum Gasteiger partial charge on any atom is 0.291 e. The highest BCUT2D eigenvalue weighted by atomic mass is 79.9. The zero-order valence-electron chi connectivity index (χ0n) is 11.3. The van der Waals surface area contributed by atoms with Crippen LogP contribution in [0.1, 0.15) is 10.6 Å². The van der Waals surface area contributed by atoms with Crippen LogP contribution in [0.5, 0.6) is 11.5 Å². The van der Waals surface area contributed by atoms with Gasteiger partial charge in [0.05, 0.1) is 0 Å². The number of halogens is 1. The predicted octanol–water partition coefficient (Wildman–Crippen LogP) is 4.18. The smallest absolute Gasteiger partial charge is 0.291 e. The molecule has 0 saturated heterocycles. The summed E-state index contributed by atoms with van der Waals surface area (Å²) in [6.07, 6.45) is 0. The molecule has 2 heterocycles. The van der Waals surface area contributed by atoms with Crippen molar-refractivity contribution in [3.05, 3.63) is 52.7 Å². The van der Waals surface area contributed by atoms with Crippen LogP contribution in [0.3, 0.4) is 0 Å². The Kier molecular flexibility index (Phi) is 3.04. The molecule has 0 fully saturated rings. The van der Waals surface area contributed by atoms with E-state index in [2.05, 4.69) is 21.2 Å². The first-order valence-electron chi connectivity index (χ1n) is 6.60. The lowest BCUT2D eigenvalue weighted by molar-refractivity contribution is 0.0998. The number of carbonyl (C=O) groups excluding carboxylic acids is 1. The van der Waals surface area contributed by atoms with E-state index in [4.69, 9.17) is 13.9 Å². The van der Waals surface area contributed by atoms with E-state index < -0.39 is 0 Å². The zero-order chi connectivity index (χ0) is 15.1. The van der Waals surface area contributed by atoms with E-state index in [0.29, 0.717) is 22.8 Å². The van der Waals surface area contributed by atoms with Gasteiger partial charge < -0.3 is 19.2 Å². The molecule has 22 heavy (non-hydrogen) atoms. The van der Waals surface area contributed by atoms with Crippen LogP contribution >= 0.6 is 15.9 Å². The van der Waals surface area contributed by atoms with E-state index in [1.165, 1.54) is 0 Å². The lowest BCUT2D eigenvalue weighted by Gasteiger charge is -2.04. The molecule has 0 saturated carbocycles. The Morgan fingerprint density at radius 1 is 1.09 bits per heavy atom. The molecular formula is C16H10BrNO4.